The van der Waals surface area contributed by atoms with Gasteiger partial charge in [-0.05, 0) is 32.0 Å². The van der Waals surface area contributed by atoms with Gasteiger partial charge in [-0.3, -0.25) is 4.79 Å². The summed E-state index contributed by atoms with van der Waals surface area (Å²) in [5.41, 5.74) is 0.484. The fourth-order valence-electron chi connectivity index (χ4n) is 3.31. The number of nitrogens with zero attached hydrogens (tertiary/aromatic N) is 2. The summed E-state index contributed by atoms with van der Waals surface area (Å²) in [5, 5.41) is 19.1. The Morgan fingerprint density at radius 1 is 1.41 bits per heavy atom. The number of aliphatic hydroxyl groups excluding tert-OH is 2. The van der Waals surface area contributed by atoms with Gasteiger partial charge in [0.1, 0.15) is 29.5 Å². The number of ether oxygens (including phenoxy) is 2. The number of hydrogen-bond donors (Lipinski definition) is 2. The lowest BCUT2D eigenvalue weighted by Gasteiger charge is -2.37. The third-order valence-electron chi connectivity index (χ3n) is 5.24. The molecule has 178 valence electrons. The first-order valence-corrected chi connectivity index (χ1v) is 11.8. The predicted molar refractivity (Wildman–Crippen MR) is 119 cm³/mol. The molecule has 0 aromatic heterocycles. The molecule has 1 aliphatic heterocycles. The van der Waals surface area contributed by atoms with E-state index in [1.54, 1.807) is 20.0 Å². The SMILES string of the molecule is COCC(=O)N(C)C[C@H]1Oc2cc(C#C[C@H](C)O)ccc2S(=O)(=O)N([C@H](C)CO)C[C@@H]1C. The zero-order valence-corrected chi connectivity index (χ0v) is 19.9. The molecule has 2 N–H and O–H groups in total. The van der Waals surface area contributed by atoms with E-state index >= 15 is 0 Å². The van der Waals surface area contributed by atoms with Crippen LogP contribution in [0.25, 0.3) is 0 Å². The minimum Gasteiger partial charge on any atom is -0.487 e. The average molecular weight is 469 g/mol. The maximum Gasteiger partial charge on any atom is 0.248 e. The van der Waals surface area contributed by atoms with Crippen molar-refractivity contribution < 1.29 is 32.9 Å². The Hall–Kier alpha value is -2.16. The Balaban J connectivity index is 2.55. The Morgan fingerprint density at radius 2 is 2.09 bits per heavy atom. The van der Waals surface area contributed by atoms with Crippen LogP contribution in [0.4, 0.5) is 0 Å². The number of sulfonamides is 1. The van der Waals surface area contributed by atoms with Gasteiger partial charge in [0.2, 0.25) is 15.9 Å². The van der Waals surface area contributed by atoms with Crippen molar-refractivity contribution in [1.82, 2.24) is 9.21 Å². The summed E-state index contributed by atoms with van der Waals surface area (Å²) in [6, 6.07) is 3.84. The Labute approximate surface area is 190 Å². The number of fused-ring (bicyclic) bond motifs is 1. The molecule has 1 heterocycles. The normalized spacial score (nSPS) is 22.2. The smallest absolute Gasteiger partial charge is 0.248 e. The lowest BCUT2D eigenvalue weighted by molar-refractivity contribution is -0.135. The zero-order chi connectivity index (χ0) is 24.1. The molecule has 0 saturated carbocycles. The third kappa shape index (κ3) is 6.21. The number of rotatable bonds is 6. The molecule has 0 radical (unpaired) electrons. The van der Waals surface area contributed by atoms with Crippen LogP contribution in [0.1, 0.15) is 26.3 Å². The van der Waals surface area contributed by atoms with Crippen molar-refractivity contribution in [3.63, 3.8) is 0 Å². The molecule has 0 unspecified atom stereocenters. The van der Waals surface area contributed by atoms with Crippen molar-refractivity contribution in [3.05, 3.63) is 23.8 Å². The molecular formula is C22H32N2O7S. The molecule has 10 heteroatoms. The summed E-state index contributed by atoms with van der Waals surface area (Å²) in [5.74, 6) is 5.01. The van der Waals surface area contributed by atoms with Crippen LogP contribution in [0.5, 0.6) is 5.75 Å². The van der Waals surface area contributed by atoms with E-state index in [0.717, 1.165) is 0 Å². The van der Waals surface area contributed by atoms with Gasteiger partial charge in [0.05, 0.1) is 13.2 Å². The second-order valence-corrected chi connectivity index (χ2v) is 9.91. The summed E-state index contributed by atoms with van der Waals surface area (Å²) >= 11 is 0. The van der Waals surface area contributed by atoms with Crippen LogP contribution in [-0.4, -0.2) is 92.5 Å². The molecule has 0 aliphatic carbocycles. The third-order valence-corrected chi connectivity index (χ3v) is 7.26. The van der Waals surface area contributed by atoms with Crippen molar-refractivity contribution in [2.45, 2.75) is 43.9 Å². The van der Waals surface area contributed by atoms with Gasteiger partial charge in [-0.2, -0.15) is 4.31 Å². The van der Waals surface area contributed by atoms with Crippen molar-refractivity contribution in [2.75, 3.05) is 40.5 Å². The van der Waals surface area contributed by atoms with Gasteiger partial charge >= 0.3 is 0 Å². The van der Waals surface area contributed by atoms with E-state index in [-0.39, 0.29) is 48.8 Å². The van der Waals surface area contributed by atoms with E-state index in [1.165, 1.54) is 35.4 Å². The topological polar surface area (TPSA) is 117 Å². The highest BCUT2D eigenvalue weighted by molar-refractivity contribution is 7.89. The number of likely N-dealkylation sites (N-methyl/N-ethyl adjacent to an activating group) is 1. The molecule has 0 spiro atoms. The average Bonchev–Trinajstić information content (AvgIpc) is 2.74. The van der Waals surface area contributed by atoms with E-state index in [1.807, 2.05) is 6.92 Å². The van der Waals surface area contributed by atoms with E-state index < -0.39 is 28.3 Å². The molecule has 1 aromatic rings. The van der Waals surface area contributed by atoms with E-state index in [2.05, 4.69) is 11.8 Å². The van der Waals surface area contributed by atoms with Gasteiger partial charge in [0.25, 0.3) is 0 Å². The zero-order valence-electron chi connectivity index (χ0n) is 19.1. The molecule has 0 bridgehead atoms. The first kappa shape index (κ1) is 26.1. The molecule has 0 fully saturated rings. The van der Waals surface area contributed by atoms with Crippen LogP contribution in [0.3, 0.4) is 0 Å². The molecule has 1 aromatic carbocycles. The van der Waals surface area contributed by atoms with Crippen LogP contribution >= 0.6 is 0 Å². The van der Waals surface area contributed by atoms with Crippen molar-refractivity contribution in [1.29, 1.82) is 0 Å². The van der Waals surface area contributed by atoms with Gasteiger partial charge < -0.3 is 24.6 Å². The number of methoxy groups -OCH3 is 1. The van der Waals surface area contributed by atoms with Gasteiger partial charge in [-0.1, -0.05) is 18.8 Å². The molecule has 4 atom stereocenters. The fraction of sp³-hybridized carbons (Fsp3) is 0.591. The Morgan fingerprint density at radius 3 is 2.69 bits per heavy atom. The van der Waals surface area contributed by atoms with E-state index in [0.29, 0.717) is 5.56 Å². The number of amides is 1. The highest BCUT2D eigenvalue weighted by Gasteiger charge is 2.38. The lowest BCUT2D eigenvalue weighted by Crippen LogP contribution is -2.50. The minimum atomic E-state index is -3.96. The molecule has 9 nitrogen and oxygen atoms in total. The van der Waals surface area contributed by atoms with Crippen molar-refractivity contribution in [2.24, 2.45) is 5.92 Å². The fourth-order valence-corrected chi connectivity index (χ4v) is 5.14. The quantitative estimate of drug-likeness (QED) is 0.577. The van der Waals surface area contributed by atoms with Crippen LogP contribution in [-0.2, 0) is 19.6 Å². The molecule has 32 heavy (non-hydrogen) atoms. The highest BCUT2D eigenvalue weighted by atomic mass is 32.2. The minimum absolute atomic E-state index is 0.0387. The monoisotopic (exact) mass is 468 g/mol. The Bertz CT molecular complexity index is 968. The Kier molecular flexibility index (Phi) is 9.07. The number of benzene rings is 1. The lowest BCUT2D eigenvalue weighted by atomic mass is 10.0. The van der Waals surface area contributed by atoms with Gasteiger partial charge in [-0.25, -0.2) is 8.42 Å². The first-order chi connectivity index (χ1) is 15.0. The summed E-state index contributed by atoms with van der Waals surface area (Å²) in [6.07, 6.45) is -1.36. The molecule has 0 saturated heterocycles. The molecule has 1 amide bonds. The summed E-state index contributed by atoms with van der Waals surface area (Å²) < 4.78 is 39.1. The van der Waals surface area contributed by atoms with Gasteiger partial charge in [0, 0.05) is 38.2 Å². The summed E-state index contributed by atoms with van der Waals surface area (Å²) in [4.78, 5) is 13.7. The molecule has 2 rings (SSSR count). The molecular weight excluding hydrogens is 436 g/mol. The number of aliphatic hydroxyl groups is 2. The van der Waals surface area contributed by atoms with Crippen LogP contribution in [0.15, 0.2) is 23.1 Å². The van der Waals surface area contributed by atoms with Crippen LogP contribution in [0, 0.1) is 17.8 Å². The highest BCUT2D eigenvalue weighted by Crippen LogP contribution is 2.34. The van der Waals surface area contributed by atoms with Crippen molar-refractivity contribution in [3.8, 4) is 17.6 Å². The van der Waals surface area contributed by atoms with Gasteiger partial charge in [0.15, 0.2) is 0 Å². The standard InChI is InChI=1S/C22H32N2O7S/c1-15-11-24(16(2)13-25)32(28,29)21-9-8-18(7-6-17(3)26)10-19(21)31-20(15)12-23(4)22(27)14-30-5/h8-10,15-17,20,25-26H,11-14H2,1-5H3/t15-,16+,17-,20+/m0/s1. The van der Waals surface area contributed by atoms with E-state index in [9.17, 15) is 23.4 Å². The number of hydrogen-bond acceptors (Lipinski definition) is 7. The number of carbonyl (C=O) groups excluding carboxylic acids is 1. The van der Waals surface area contributed by atoms with Gasteiger partial charge in [-0.15, -0.1) is 0 Å². The summed E-state index contributed by atoms with van der Waals surface area (Å²) in [7, 11) is -0.894. The first-order valence-electron chi connectivity index (χ1n) is 10.4. The summed E-state index contributed by atoms with van der Waals surface area (Å²) in [6.45, 7) is 4.93. The largest absolute Gasteiger partial charge is 0.487 e. The van der Waals surface area contributed by atoms with E-state index in [4.69, 9.17) is 9.47 Å². The second-order valence-electron chi connectivity index (χ2n) is 8.05. The van der Waals surface area contributed by atoms with Crippen LogP contribution in [0.2, 0.25) is 0 Å². The maximum atomic E-state index is 13.4. The molecule has 1 aliphatic rings. The number of carbonyl (C=O) groups is 1. The van der Waals surface area contributed by atoms with Crippen LogP contribution < -0.4 is 4.74 Å². The second kappa shape index (κ2) is 11.1. The predicted octanol–water partition coefficient (Wildman–Crippen LogP) is 0.292. The van der Waals surface area contributed by atoms with Crippen molar-refractivity contribution >= 4 is 15.9 Å². The maximum absolute atomic E-state index is 13.4.